The minimum absolute atomic E-state index is 0.0567. The minimum atomic E-state index is -0.0567. The molecule has 0 atom stereocenters. The first-order valence-corrected chi connectivity index (χ1v) is 10.2. The molecular weight excluding hydrogens is 392 g/mol. The standard InChI is InChI=1S/C21H19ClN4OS/c1-13-9-14(2)11-16(10-13)20(27)23-8-7-18-12-28-21-24-19(25-26(18)21)15-3-5-17(22)6-4-15/h3-6,9-12H,7-8H2,1-2H3,(H,23,27). The van der Waals surface area contributed by atoms with Gasteiger partial charge in [-0.2, -0.15) is 4.98 Å². The highest BCUT2D eigenvalue weighted by Gasteiger charge is 2.12. The van der Waals surface area contributed by atoms with Crippen LogP contribution in [0.3, 0.4) is 0 Å². The lowest BCUT2D eigenvalue weighted by Crippen LogP contribution is -2.26. The van der Waals surface area contributed by atoms with E-state index in [-0.39, 0.29) is 5.91 Å². The quantitative estimate of drug-likeness (QED) is 0.518. The molecule has 5 nitrogen and oxygen atoms in total. The van der Waals surface area contributed by atoms with Gasteiger partial charge in [-0.15, -0.1) is 16.4 Å². The number of thiazole rings is 1. The number of aryl methyl sites for hydroxylation is 2. The third kappa shape index (κ3) is 3.93. The third-order valence-corrected chi connectivity index (χ3v) is 5.52. The number of fused-ring (bicyclic) bond motifs is 1. The summed E-state index contributed by atoms with van der Waals surface area (Å²) >= 11 is 7.49. The monoisotopic (exact) mass is 410 g/mol. The van der Waals surface area contributed by atoms with Crippen LogP contribution in [0, 0.1) is 13.8 Å². The average molecular weight is 411 g/mol. The molecule has 0 fully saturated rings. The second kappa shape index (κ2) is 7.73. The number of amides is 1. The smallest absolute Gasteiger partial charge is 0.251 e. The fourth-order valence-corrected chi connectivity index (χ4v) is 4.11. The summed E-state index contributed by atoms with van der Waals surface area (Å²) in [7, 11) is 0. The number of nitrogens with zero attached hydrogens (tertiary/aromatic N) is 3. The van der Waals surface area contributed by atoms with Gasteiger partial charge in [-0.25, -0.2) is 4.52 Å². The van der Waals surface area contributed by atoms with E-state index in [4.69, 9.17) is 11.6 Å². The van der Waals surface area contributed by atoms with Crippen molar-refractivity contribution >= 4 is 33.8 Å². The van der Waals surface area contributed by atoms with Crippen molar-refractivity contribution in [3.8, 4) is 11.4 Å². The molecule has 0 saturated carbocycles. The Kier molecular flexibility index (Phi) is 5.15. The topological polar surface area (TPSA) is 59.3 Å². The van der Waals surface area contributed by atoms with Crippen LogP contribution in [0.25, 0.3) is 16.3 Å². The number of hydrogen-bond acceptors (Lipinski definition) is 4. The second-order valence-electron chi connectivity index (χ2n) is 6.75. The van der Waals surface area contributed by atoms with E-state index in [1.807, 2.05) is 60.1 Å². The first-order valence-electron chi connectivity index (χ1n) is 8.95. The molecule has 0 aliphatic carbocycles. The highest BCUT2D eigenvalue weighted by atomic mass is 35.5. The number of rotatable bonds is 5. The average Bonchev–Trinajstić information content (AvgIpc) is 3.23. The maximum Gasteiger partial charge on any atom is 0.251 e. The predicted octanol–water partition coefficient (Wildman–Crippen LogP) is 4.70. The zero-order chi connectivity index (χ0) is 19.7. The van der Waals surface area contributed by atoms with Gasteiger partial charge in [0.2, 0.25) is 4.96 Å². The van der Waals surface area contributed by atoms with Gasteiger partial charge in [-0.3, -0.25) is 4.79 Å². The molecule has 28 heavy (non-hydrogen) atoms. The molecule has 0 unspecified atom stereocenters. The first-order chi connectivity index (χ1) is 13.5. The van der Waals surface area contributed by atoms with Crippen LogP contribution < -0.4 is 5.32 Å². The van der Waals surface area contributed by atoms with Crippen LogP contribution in [0.1, 0.15) is 27.2 Å². The van der Waals surface area contributed by atoms with Crippen LogP contribution in [0.5, 0.6) is 0 Å². The summed E-state index contributed by atoms with van der Waals surface area (Å²) in [5, 5.41) is 10.3. The lowest BCUT2D eigenvalue weighted by atomic mass is 10.1. The molecule has 1 amide bonds. The molecule has 0 spiro atoms. The Morgan fingerprint density at radius 3 is 2.57 bits per heavy atom. The summed E-state index contributed by atoms with van der Waals surface area (Å²) in [6, 6.07) is 13.3. The van der Waals surface area contributed by atoms with Gasteiger partial charge in [-0.1, -0.05) is 28.8 Å². The Morgan fingerprint density at radius 2 is 1.86 bits per heavy atom. The fraction of sp³-hybridized carbons (Fsp3) is 0.190. The number of carbonyl (C=O) groups excluding carboxylic acids is 1. The Morgan fingerprint density at radius 1 is 1.14 bits per heavy atom. The molecule has 0 saturated heterocycles. The van der Waals surface area contributed by atoms with E-state index in [1.54, 1.807) is 11.3 Å². The zero-order valence-electron chi connectivity index (χ0n) is 15.6. The van der Waals surface area contributed by atoms with Gasteiger partial charge in [0.25, 0.3) is 5.91 Å². The molecule has 1 N–H and O–H groups in total. The summed E-state index contributed by atoms with van der Waals surface area (Å²) in [6.45, 7) is 4.53. The van der Waals surface area contributed by atoms with Crippen molar-refractivity contribution in [1.29, 1.82) is 0 Å². The van der Waals surface area contributed by atoms with Gasteiger partial charge in [-0.05, 0) is 50.2 Å². The highest BCUT2D eigenvalue weighted by Crippen LogP contribution is 2.22. The third-order valence-electron chi connectivity index (χ3n) is 4.40. The van der Waals surface area contributed by atoms with Crippen LogP contribution in [0.4, 0.5) is 0 Å². The molecule has 2 aromatic carbocycles. The van der Waals surface area contributed by atoms with E-state index >= 15 is 0 Å². The number of benzene rings is 2. The second-order valence-corrected chi connectivity index (χ2v) is 8.02. The predicted molar refractivity (Wildman–Crippen MR) is 113 cm³/mol. The van der Waals surface area contributed by atoms with E-state index in [2.05, 4.69) is 21.5 Å². The summed E-state index contributed by atoms with van der Waals surface area (Å²) in [5.41, 5.74) is 4.81. The van der Waals surface area contributed by atoms with Crippen LogP contribution >= 0.6 is 22.9 Å². The van der Waals surface area contributed by atoms with Crippen molar-refractivity contribution in [2.45, 2.75) is 20.3 Å². The Labute approximate surface area is 172 Å². The van der Waals surface area contributed by atoms with Crippen molar-refractivity contribution < 1.29 is 4.79 Å². The van der Waals surface area contributed by atoms with Crippen LogP contribution in [0.15, 0.2) is 47.8 Å². The van der Waals surface area contributed by atoms with Gasteiger partial charge < -0.3 is 5.32 Å². The molecule has 2 heterocycles. The molecule has 0 aliphatic heterocycles. The molecule has 0 aliphatic rings. The Balaban J connectivity index is 1.45. The van der Waals surface area contributed by atoms with E-state index in [0.29, 0.717) is 29.4 Å². The number of carbonyl (C=O) groups is 1. The number of nitrogens with one attached hydrogen (secondary N) is 1. The molecule has 0 bridgehead atoms. The molecule has 7 heteroatoms. The maximum atomic E-state index is 12.4. The van der Waals surface area contributed by atoms with E-state index in [0.717, 1.165) is 27.3 Å². The molecule has 2 aromatic heterocycles. The molecule has 0 radical (unpaired) electrons. The van der Waals surface area contributed by atoms with E-state index in [9.17, 15) is 4.79 Å². The van der Waals surface area contributed by atoms with Crippen molar-refractivity contribution in [2.24, 2.45) is 0 Å². The minimum Gasteiger partial charge on any atom is -0.352 e. The molecule has 142 valence electrons. The Bertz CT molecular complexity index is 1130. The maximum absolute atomic E-state index is 12.4. The van der Waals surface area contributed by atoms with Gasteiger partial charge in [0.15, 0.2) is 5.82 Å². The van der Waals surface area contributed by atoms with Gasteiger partial charge in [0, 0.05) is 34.5 Å². The van der Waals surface area contributed by atoms with Gasteiger partial charge in [0.05, 0.1) is 5.69 Å². The summed E-state index contributed by atoms with van der Waals surface area (Å²) < 4.78 is 1.84. The van der Waals surface area contributed by atoms with Gasteiger partial charge >= 0.3 is 0 Å². The zero-order valence-corrected chi connectivity index (χ0v) is 17.1. The fourth-order valence-electron chi connectivity index (χ4n) is 3.13. The van der Waals surface area contributed by atoms with Crippen molar-refractivity contribution in [1.82, 2.24) is 19.9 Å². The number of halogens is 1. The van der Waals surface area contributed by atoms with Crippen molar-refractivity contribution in [2.75, 3.05) is 6.54 Å². The van der Waals surface area contributed by atoms with Crippen LogP contribution in [-0.2, 0) is 6.42 Å². The van der Waals surface area contributed by atoms with Crippen molar-refractivity contribution in [3.63, 3.8) is 0 Å². The molecular formula is C21H19ClN4OS. The highest BCUT2D eigenvalue weighted by molar-refractivity contribution is 7.15. The normalized spacial score (nSPS) is 11.1. The Hall–Kier alpha value is -2.70. The lowest BCUT2D eigenvalue weighted by Gasteiger charge is -2.06. The summed E-state index contributed by atoms with van der Waals surface area (Å²) in [5.74, 6) is 0.614. The number of aromatic nitrogens is 3. The van der Waals surface area contributed by atoms with E-state index in [1.165, 1.54) is 0 Å². The molecule has 4 rings (SSSR count). The lowest BCUT2D eigenvalue weighted by molar-refractivity contribution is 0.0954. The largest absolute Gasteiger partial charge is 0.352 e. The first kappa shape index (κ1) is 18.7. The van der Waals surface area contributed by atoms with Crippen LogP contribution in [-0.4, -0.2) is 27.0 Å². The summed E-state index contributed by atoms with van der Waals surface area (Å²) in [4.78, 5) is 17.8. The van der Waals surface area contributed by atoms with Crippen molar-refractivity contribution in [3.05, 3.63) is 75.3 Å². The van der Waals surface area contributed by atoms with E-state index < -0.39 is 0 Å². The van der Waals surface area contributed by atoms with Gasteiger partial charge in [0.1, 0.15) is 0 Å². The number of hydrogen-bond donors (Lipinski definition) is 1. The summed E-state index contributed by atoms with van der Waals surface area (Å²) in [6.07, 6.45) is 0.681. The van der Waals surface area contributed by atoms with Crippen LogP contribution in [0.2, 0.25) is 5.02 Å². The SMILES string of the molecule is Cc1cc(C)cc(C(=O)NCCc2csc3nc(-c4ccc(Cl)cc4)nn23)c1. The molecule has 4 aromatic rings.